The third kappa shape index (κ3) is 6.71. The van der Waals surface area contributed by atoms with E-state index in [1.165, 1.54) is 34.4 Å². The van der Waals surface area contributed by atoms with Crippen molar-refractivity contribution in [3.63, 3.8) is 0 Å². The fourth-order valence-electron chi connectivity index (χ4n) is 6.43. The Hall–Kier alpha value is -2.86. The normalized spacial score (nSPS) is 22.0. The Bertz CT molecular complexity index is 1340. The summed E-state index contributed by atoms with van der Waals surface area (Å²) in [7, 11) is 2.18. The highest BCUT2D eigenvalue weighted by Gasteiger charge is 2.39. The van der Waals surface area contributed by atoms with Gasteiger partial charge in [-0.25, -0.2) is 0 Å². The lowest BCUT2D eigenvalue weighted by Gasteiger charge is -2.47. The van der Waals surface area contributed by atoms with Crippen LogP contribution in [0.5, 0.6) is 23.0 Å². The number of rotatable bonds is 7. The summed E-state index contributed by atoms with van der Waals surface area (Å²) < 4.78 is 54.0. The van der Waals surface area contributed by atoms with Crippen LogP contribution in [-0.2, 0) is 23.2 Å². The summed E-state index contributed by atoms with van der Waals surface area (Å²) in [5, 5.41) is 0. The van der Waals surface area contributed by atoms with Gasteiger partial charge in [-0.15, -0.1) is 0 Å². The highest BCUT2D eigenvalue weighted by Crippen LogP contribution is 2.46. The minimum Gasteiger partial charge on any atom is -0.493 e. The summed E-state index contributed by atoms with van der Waals surface area (Å²) in [6.45, 7) is 5.44. The molecule has 0 aromatic heterocycles. The quantitative estimate of drug-likeness (QED) is 0.460. The maximum atomic E-state index is 8.74. The van der Waals surface area contributed by atoms with Crippen molar-refractivity contribution in [2.45, 2.75) is 45.1 Å². The van der Waals surface area contributed by atoms with Gasteiger partial charge in [-0.1, -0.05) is 13.3 Å². The second-order valence-electron chi connectivity index (χ2n) is 10.4. The Labute approximate surface area is 236 Å². The molecule has 0 amide bonds. The molecule has 10 nitrogen and oxygen atoms in total. The monoisotopic (exact) mass is 576 g/mol. The minimum atomic E-state index is -4.67. The molecule has 0 radical (unpaired) electrons. The van der Waals surface area contributed by atoms with Crippen LogP contribution in [0.25, 0.3) is 0 Å². The lowest BCUT2D eigenvalue weighted by molar-refractivity contribution is 0.0546. The third-order valence-electron chi connectivity index (χ3n) is 8.36. The third-order valence-corrected chi connectivity index (χ3v) is 8.36. The molecule has 40 heavy (non-hydrogen) atoms. The van der Waals surface area contributed by atoms with E-state index in [2.05, 4.69) is 36.1 Å². The van der Waals surface area contributed by atoms with Crippen molar-refractivity contribution < 1.29 is 36.5 Å². The maximum Gasteiger partial charge on any atom is 0.394 e. The van der Waals surface area contributed by atoms with Gasteiger partial charge in [-0.3, -0.25) is 19.0 Å². The molecule has 0 unspecified atom stereocenters. The standard InChI is InChI=1S/C29H38N2O4.H2O4S/c1-6-18-17-31-10-8-20-14-27(33-3)29(35-5)16-23(20)25(31)12-21(18)11-24-22-15-28(34-4)26(32-2)13-19(22)7-9-30-24;1-5(2,3)4/h13-16,18,21,25H,6-12,17H2,1-5H3;(H2,1,2,3,4)/t18-,21-,25-;/m0./s1. The number of fused-ring (bicyclic) bond motifs is 4. The van der Waals surface area contributed by atoms with E-state index in [0.29, 0.717) is 17.9 Å². The zero-order chi connectivity index (χ0) is 29.0. The topological polar surface area (TPSA) is 127 Å². The molecule has 0 bridgehead atoms. The molecule has 0 saturated carbocycles. The molecule has 220 valence electrons. The van der Waals surface area contributed by atoms with Crippen molar-refractivity contribution in [1.82, 2.24) is 4.90 Å². The Kier molecular flexibility index (Phi) is 9.60. The molecule has 3 atom stereocenters. The van der Waals surface area contributed by atoms with E-state index in [1.807, 2.05) is 0 Å². The van der Waals surface area contributed by atoms with Crippen molar-refractivity contribution in [2.75, 3.05) is 48.1 Å². The summed E-state index contributed by atoms with van der Waals surface area (Å²) in [5.41, 5.74) is 6.59. The van der Waals surface area contributed by atoms with Crippen LogP contribution >= 0.6 is 0 Å². The van der Waals surface area contributed by atoms with Crippen LogP contribution in [0, 0.1) is 11.8 Å². The van der Waals surface area contributed by atoms with E-state index in [1.54, 1.807) is 28.4 Å². The molecular formula is C29H40N2O8S. The molecule has 1 fully saturated rings. The summed E-state index contributed by atoms with van der Waals surface area (Å²) in [4.78, 5) is 7.73. The van der Waals surface area contributed by atoms with Crippen LogP contribution in [0.1, 0.15) is 54.5 Å². The van der Waals surface area contributed by atoms with E-state index in [0.717, 1.165) is 68.3 Å². The van der Waals surface area contributed by atoms with Crippen molar-refractivity contribution in [2.24, 2.45) is 16.8 Å². The van der Waals surface area contributed by atoms with Gasteiger partial charge >= 0.3 is 10.4 Å². The molecule has 3 heterocycles. The maximum absolute atomic E-state index is 8.74. The van der Waals surface area contributed by atoms with E-state index < -0.39 is 10.4 Å². The predicted octanol–water partition coefficient (Wildman–Crippen LogP) is 4.45. The fourth-order valence-corrected chi connectivity index (χ4v) is 6.43. The molecule has 2 aromatic rings. The van der Waals surface area contributed by atoms with Crippen molar-refractivity contribution >= 4 is 16.1 Å². The molecule has 11 heteroatoms. The van der Waals surface area contributed by atoms with Gasteiger partial charge in [-0.2, -0.15) is 8.42 Å². The summed E-state index contributed by atoms with van der Waals surface area (Å²) in [5.74, 6) is 4.49. The first-order valence-electron chi connectivity index (χ1n) is 13.6. The summed E-state index contributed by atoms with van der Waals surface area (Å²) >= 11 is 0. The molecule has 0 aliphatic carbocycles. The van der Waals surface area contributed by atoms with Gasteiger partial charge in [0.25, 0.3) is 0 Å². The number of nitrogens with zero attached hydrogens (tertiary/aromatic N) is 2. The highest BCUT2D eigenvalue weighted by molar-refractivity contribution is 7.79. The summed E-state index contributed by atoms with van der Waals surface area (Å²) in [6.07, 6.45) is 5.36. The van der Waals surface area contributed by atoms with Crippen LogP contribution < -0.4 is 18.9 Å². The largest absolute Gasteiger partial charge is 0.493 e. The van der Waals surface area contributed by atoms with Gasteiger partial charge in [-0.05, 0) is 78.5 Å². The second-order valence-corrected chi connectivity index (χ2v) is 11.3. The fraction of sp³-hybridized carbons (Fsp3) is 0.552. The Morgan fingerprint density at radius 3 is 2.05 bits per heavy atom. The van der Waals surface area contributed by atoms with Gasteiger partial charge in [0.15, 0.2) is 23.0 Å². The van der Waals surface area contributed by atoms with Crippen molar-refractivity contribution in [3.8, 4) is 23.0 Å². The molecule has 0 spiro atoms. The predicted molar refractivity (Wildman–Crippen MR) is 153 cm³/mol. The Morgan fingerprint density at radius 2 is 1.45 bits per heavy atom. The van der Waals surface area contributed by atoms with E-state index >= 15 is 0 Å². The lowest BCUT2D eigenvalue weighted by Crippen LogP contribution is -2.46. The van der Waals surface area contributed by atoms with Crippen molar-refractivity contribution in [1.29, 1.82) is 0 Å². The average molecular weight is 577 g/mol. The van der Waals surface area contributed by atoms with Crippen LogP contribution in [-0.4, -0.2) is 76.2 Å². The average Bonchev–Trinajstić information content (AvgIpc) is 2.94. The van der Waals surface area contributed by atoms with Crippen LogP contribution in [0.15, 0.2) is 29.3 Å². The lowest BCUT2D eigenvalue weighted by atomic mass is 9.73. The number of hydrogen-bond acceptors (Lipinski definition) is 8. The molecule has 5 rings (SSSR count). The number of piperidine rings is 1. The van der Waals surface area contributed by atoms with E-state index in [9.17, 15) is 0 Å². The second kappa shape index (κ2) is 12.8. The number of benzene rings is 2. The zero-order valence-corrected chi connectivity index (χ0v) is 24.7. The highest BCUT2D eigenvalue weighted by atomic mass is 32.3. The van der Waals surface area contributed by atoms with E-state index in [4.69, 9.17) is 41.5 Å². The first-order valence-corrected chi connectivity index (χ1v) is 15.0. The van der Waals surface area contributed by atoms with Gasteiger partial charge in [0.1, 0.15) is 0 Å². The van der Waals surface area contributed by atoms with Gasteiger partial charge in [0, 0.05) is 37.0 Å². The number of ether oxygens (including phenoxy) is 4. The minimum absolute atomic E-state index is 0.417. The summed E-state index contributed by atoms with van der Waals surface area (Å²) in [6, 6.07) is 9.10. The van der Waals surface area contributed by atoms with Crippen molar-refractivity contribution in [3.05, 3.63) is 46.5 Å². The number of hydrogen-bond donors (Lipinski definition) is 2. The zero-order valence-electron chi connectivity index (χ0n) is 23.8. The van der Waals surface area contributed by atoms with Gasteiger partial charge in [0.2, 0.25) is 0 Å². The van der Waals surface area contributed by atoms with E-state index in [-0.39, 0.29) is 0 Å². The number of methoxy groups -OCH3 is 4. The SMILES string of the molecule is CC[C@H]1CN2CCc3cc(OC)c(OC)cc3[C@@H]2C[C@@H]1CC1=NCCc2cc(OC)c(OC)cc21.O=S(=O)(O)O. The molecule has 3 aliphatic heterocycles. The van der Waals surface area contributed by atoms with Gasteiger partial charge < -0.3 is 18.9 Å². The number of aliphatic imine (C=N–C) groups is 1. The molecular weight excluding hydrogens is 536 g/mol. The first kappa shape index (κ1) is 30.1. The Balaban J connectivity index is 0.000000681. The smallest absolute Gasteiger partial charge is 0.394 e. The first-order chi connectivity index (χ1) is 19.1. The van der Waals surface area contributed by atoms with Gasteiger partial charge in [0.05, 0.1) is 28.4 Å². The molecule has 1 saturated heterocycles. The molecule has 2 aromatic carbocycles. The van der Waals surface area contributed by atoms with Crippen LogP contribution in [0.3, 0.4) is 0 Å². The molecule has 3 aliphatic rings. The molecule has 2 N–H and O–H groups in total. The Morgan fingerprint density at radius 1 is 0.875 bits per heavy atom. The van der Waals surface area contributed by atoms with Crippen LogP contribution in [0.2, 0.25) is 0 Å². The van der Waals surface area contributed by atoms with Crippen LogP contribution in [0.4, 0.5) is 0 Å².